The van der Waals surface area contributed by atoms with Gasteiger partial charge in [-0.2, -0.15) is 0 Å². The zero-order valence-electron chi connectivity index (χ0n) is 33.7. The Hall–Kier alpha value is -2.03. The van der Waals surface area contributed by atoms with E-state index < -0.39 is 32.5 Å². The molecule has 1 unspecified atom stereocenters. The second-order valence-electron chi connectivity index (χ2n) is 14.7. The van der Waals surface area contributed by atoms with Gasteiger partial charge in [0.1, 0.15) is 19.8 Å². The summed E-state index contributed by atoms with van der Waals surface area (Å²) in [6.45, 7) is 4.09. The summed E-state index contributed by atoms with van der Waals surface area (Å²) in [6.07, 6.45) is 38.5. The molecule has 0 heterocycles. The number of hydrogen-bond acceptors (Lipinski definition) is 8. The third-order valence-electron chi connectivity index (χ3n) is 8.33. The number of phosphoric acid groups is 1. The monoisotopic (exact) mass is 754 g/mol. The Kier molecular flexibility index (Phi) is 33.4. The van der Waals surface area contributed by atoms with Crippen LogP contribution in [0.1, 0.15) is 155 Å². The molecule has 10 heteroatoms. The lowest BCUT2D eigenvalue weighted by atomic mass is 10.1. The summed E-state index contributed by atoms with van der Waals surface area (Å²) >= 11 is 0. The average Bonchev–Trinajstić information content (AvgIpc) is 3.09. The van der Waals surface area contributed by atoms with Crippen molar-refractivity contribution in [1.82, 2.24) is 0 Å². The highest BCUT2D eigenvalue weighted by Gasteiger charge is 2.21. The predicted octanol–water partition coefficient (Wildman–Crippen LogP) is 10.5. The zero-order valence-corrected chi connectivity index (χ0v) is 34.6. The lowest BCUT2D eigenvalue weighted by Crippen LogP contribution is -2.37. The molecule has 0 rings (SSSR count). The van der Waals surface area contributed by atoms with Gasteiger partial charge in [0, 0.05) is 12.8 Å². The van der Waals surface area contributed by atoms with Crippen molar-refractivity contribution in [1.29, 1.82) is 0 Å². The van der Waals surface area contributed by atoms with Gasteiger partial charge < -0.3 is 27.9 Å². The van der Waals surface area contributed by atoms with Crippen LogP contribution in [0.4, 0.5) is 0 Å². The van der Waals surface area contributed by atoms with Gasteiger partial charge in [-0.25, -0.2) is 0 Å². The number of quaternary nitrogens is 1. The first-order valence-corrected chi connectivity index (χ1v) is 21.8. The predicted molar refractivity (Wildman–Crippen MR) is 213 cm³/mol. The Morgan fingerprint density at radius 1 is 0.596 bits per heavy atom. The van der Waals surface area contributed by atoms with E-state index in [0.717, 1.165) is 64.2 Å². The van der Waals surface area contributed by atoms with Crippen LogP contribution in [-0.4, -0.2) is 70.0 Å². The number of phosphoric ester groups is 1. The first-order valence-electron chi connectivity index (χ1n) is 20.3. The summed E-state index contributed by atoms with van der Waals surface area (Å²) in [5.74, 6) is -0.874. The van der Waals surface area contributed by atoms with Crippen LogP contribution in [0.15, 0.2) is 48.6 Å². The summed E-state index contributed by atoms with van der Waals surface area (Å²) in [5, 5.41) is 0. The Morgan fingerprint density at radius 2 is 1.08 bits per heavy atom. The number of allylic oxidation sites excluding steroid dienone is 8. The quantitative estimate of drug-likeness (QED) is 0.0204. The van der Waals surface area contributed by atoms with Crippen molar-refractivity contribution in [2.24, 2.45) is 0 Å². The summed E-state index contributed by atoms with van der Waals surface area (Å²) in [5.41, 5.74) is 0. The molecular weight excluding hydrogens is 677 g/mol. The smallest absolute Gasteiger partial charge is 0.306 e. The number of ether oxygens (including phenoxy) is 2. The molecule has 0 fully saturated rings. The van der Waals surface area contributed by atoms with Crippen LogP contribution in [0.3, 0.4) is 0 Å². The molecule has 0 aliphatic carbocycles. The SMILES string of the molecule is CCC/C=C/C/C=C/C/C=C/C/C=C/CCCCCC(=O)OC[C@@H](COP(=O)([O-])OCC[N+](C)(C)C)OC(=O)CCCCCCCCCCCCC. The summed E-state index contributed by atoms with van der Waals surface area (Å²) in [4.78, 5) is 37.4. The lowest BCUT2D eigenvalue weighted by molar-refractivity contribution is -0.870. The molecule has 0 aromatic heterocycles. The van der Waals surface area contributed by atoms with E-state index in [2.05, 4.69) is 62.5 Å². The second-order valence-corrected chi connectivity index (χ2v) is 16.1. The van der Waals surface area contributed by atoms with E-state index in [-0.39, 0.29) is 26.1 Å². The Bertz CT molecular complexity index is 1030. The van der Waals surface area contributed by atoms with Crippen LogP contribution in [-0.2, 0) is 32.7 Å². The second kappa shape index (κ2) is 34.7. The van der Waals surface area contributed by atoms with Crippen LogP contribution in [0.25, 0.3) is 0 Å². The van der Waals surface area contributed by atoms with E-state index in [1.807, 2.05) is 21.1 Å². The minimum Gasteiger partial charge on any atom is -0.756 e. The molecule has 0 radical (unpaired) electrons. The number of nitrogens with zero attached hydrogens (tertiary/aromatic N) is 1. The van der Waals surface area contributed by atoms with Crippen LogP contribution < -0.4 is 4.89 Å². The van der Waals surface area contributed by atoms with E-state index in [1.165, 1.54) is 51.4 Å². The number of esters is 2. The first kappa shape index (κ1) is 50.0. The molecule has 52 heavy (non-hydrogen) atoms. The molecule has 0 spiro atoms. The van der Waals surface area contributed by atoms with Gasteiger partial charge in [0.2, 0.25) is 0 Å². The summed E-state index contributed by atoms with van der Waals surface area (Å²) < 4.78 is 33.7. The van der Waals surface area contributed by atoms with Crippen molar-refractivity contribution in [3.63, 3.8) is 0 Å². The van der Waals surface area contributed by atoms with E-state index in [4.69, 9.17) is 18.5 Å². The van der Waals surface area contributed by atoms with Crippen molar-refractivity contribution in [2.45, 2.75) is 161 Å². The molecule has 0 amide bonds. The normalized spacial score (nSPS) is 14.2. The Morgan fingerprint density at radius 3 is 1.62 bits per heavy atom. The van der Waals surface area contributed by atoms with Crippen LogP contribution in [0, 0.1) is 0 Å². The van der Waals surface area contributed by atoms with Gasteiger partial charge in [-0.1, -0.05) is 140 Å². The van der Waals surface area contributed by atoms with Crippen molar-refractivity contribution in [3.8, 4) is 0 Å². The molecule has 0 aromatic carbocycles. The largest absolute Gasteiger partial charge is 0.756 e. The van der Waals surface area contributed by atoms with Crippen LogP contribution in [0.5, 0.6) is 0 Å². The molecule has 0 saturated carbocycles. The molecule has 0 aliphatic rings. The maximum absolute atomic E-state index is 12.6. The van der Waals surface area contributed by atoms with Gasteiger partial charge in [-0.05, 0) is 51.4 Å². The van der Waals surface area contributed by atoms with E-state index >= 15 is 0 Å². The molecular formula is C42H76NO8P. The standard InChI is InChI=1S/C42H76NO8P/c1-6-8-10-12-14-16-18-19-20-21-22-23-25-26-28-30-32-34-41(44)48-38-40(39-50-52(46,47)49-37-36-43(3,4)5)51-42(45)35-33-31-29-27-24-17-15-13-11-9-7-2/h10,12,16,18,20-21,23,25,40H,6-9,11,13-15,17,19,22,24,26-39H2,1-5H3/b12-10+,18-16+,21-20+,25-23+/t40-/m0/s1. The van der Waals surface area contributed by atoms with Crippen molar-refractivity contribution < 1.29 is 42.1 Å². The van der Waals surface area contributed by atoms with E-state index in [9.17, 15) is 19.0 Å². The van der Waals surface area contributed by atoms with Crippen molar-refractivity contribution >= 4 is 19.8 Å². The topological polar surface area (TPSA) is 111 Å². The Labute approximate surface area is 318 Å². The number of unbranched alkanes of at least 4 members (excludes halogenated alkanes) is 14. The molecule has 302 valence electrons. The number of carbonyl (C=O) groups excluding carboxylic acids is 2. The van der Waals surface area contributed by atoms with Crippen molar-refractivity contribution in [3.05, 3.63) is 48.6 Å². The maximum Gasteiger partial charge on any atom is 0.306 e. The number of carbonyl (C=O) groups is 2. The van der Waals surface area contributed by atoms with Crippen LogP contribution in [0.2, 0.25) is 0 Å². The third kappa shape index (κ3) is 37.7. The molecule has 0 aliphatic heterocycles. The highest BCUT2D eigenvalue weighted by molar-refractivity contribution is 7.45. The third-order valence-corrected chi connectivity index (χ3v) is 9.30. The fraction of sp³-hybridized carbons (Fsp3) is 0.762. The number of likely N-dealkylation sites (N-methyl/N-ethyl adjacent to an activating group) is 1. The van der Waals surface area contributed by atoms with Crippen molar-refractivity contribution in [2.75, 3.05) is 47.5 Å². The molecule has 0 N–H and O–H groups in total. The maximum atomic E-state index is 12.6. The summed E-state index contributed by atoms with van der Waals surface area (Å²) in [7, 11) is 1.14. The van der Waals surface area contributed by atoms with Gasteiger partial charge in [0.15, 0.2) is 6.10 Å². The van der Waals surface area contributed by atoms with Gasteiger partial charge in [-0.3, -0.25) is 14.2 Å². The summed E-state index contributed by atoms with van der Waals surface area (Å²) in [6, 6.07) is 0. The molecule has 0 bridgehead atoms. The first-order chi connectivity index (χ1) is 25.0. The highest BCUT2D eigenvalue weighted by atomic mass is 31.2. The van der Waals surface area contributed by atoms with Gasteiger partial charge in [0.25, 0.3) is 7.82 Å². The van der Waals surface area contributed by atoms with Gasteiger partial charge in [-0.15, -0.1) is 0 Å². The fourth-order valence-electron chi connectivity index (χ4n) is 5.11. The molecule has 0 saturated heterocycles. The van der Waals surface area contributed by atoms with Gasteiger partial charge >= 0.3 is 11.9 Å². The van der Waals surface area contributed by atoms with E-state index in [1.54, 1.807) is 0 Å². The van der Waals surface area contributed by atoms with Crippen LogP contribution >= 0.6 is 7.82 Å². The minimum absolute atomic E-state index is 0.0368. The molecule has 0 aromatic rings. The van der Waals surface area contributed by atoms with E-state index in [0.29, 0.717) is 23.9 Å². The minimum atomic E-state index is -4.63. The fourth-order valence-corrected chi connectivity index (χ4v) is 5.84. The Balaban J connectivity index is 4.45. The highest BCUT2D eigenvalue weighted by Crippen LogP contribution is 2.38. The average molecular weight is 754 g/mol. The van der Waals surface area contributed by atoms with Gasteiger partial charge in [0.05, 0.1) is 27.7 Å². The number of hydrogen-bond donors (Lipinski definition) is 0. The number of rotatable bonds is 36. The molecule has 9 nitrogen and oxygen atoms in total. The lowest BCUT2D eigenvalue weighted by Gasteiger charge is -2.28. The zero-order chi connectivity index (χ0) is 38.6. The molecule has 2 atom stereocenters.